The number of esters is 1. The summed E-state index contributed by atoms with van der Waals surface area (Å²) in [5.74, 6) is -1.72. The van der Waals surface area contributed by atoms with Gasteiger partial charge in [-0.25, -0.2) is 4.79 Å². The van der Waals surface area contributed by atoms with E-state index in [1.807, 2.05) is 43.3 Å². The predicted molar refractivity (Wildman–Crippen MR) is 249 cm³/mol. The molecule has 0 spiro atoms. The molecule has 70 heavy (non-hydrogen) atoms. The number of hydrogen-bond donors (Lipinski definition) is 8. The van der Waals surface area contributed by atoms with Gasteiger partial charge in [-0.15, -0.1) is 0 Å². The van der Waals surface area contributed by atoms with Crippen LogP contribution in [0.5, 0.6) is 0 Å². The third kappa shape index (κ3) is 9.06. The van der Waals surface area contributed by atoms with E-state index < -0.39 is 150 Å². The van der Waals surface area contributed by atoms with Gasteiger partial charge in [0, 0.05) is 63.7 Å². The summed E-state index contributed by atoms with van der Waals surface area (Å²) in [6, 6.07) is 9.50. The Morgan fingerprint density at radius 2 is 1.36 bits per heavy atom. The quantitative estimate of drug-likeness (QED) is 0.0611. The first-order chi connectivity index (χ1) is 33.0. The molecule has 0 radical (unpaired) electrons. The Kier molecular flexibility index (Phi) is 15.6. The molecular formula is C52H78O18. The maximum Gasteiger partial charge on any atom is 0.331 e. The van der Waals surface area contributed by atoms with Crippen molar-refractivity contribution in [2.24, 2.45) is 16.7 Å². The molecule has 1 aromatic carbocycles. The molecule has 23 atom stereocenters. The minimum atomic E-state index is -2.18. The van der Waals surface area contributed by atoms with Gasteiger partial charge < -0.3 is 83.5 Å². The van der Waals surface area contributed by atoms with Crippen molar-refractivity contribution in [2.45, 2.75) is 226 Å². The van der Waals surface area contributed by atoms with Gasteiger partial charge in [0.1, 0.15) is 41.2 Å². The fourth-order valence-corrected chi connectivity index (χ4v) is 14.0. The van der Waals surface area contributed by atoms with Gasteiger partial charge in [-0.3, -0.25) is 0 Å². The number of hydrogen-bond acceptors (Lipinski definition) is 18. The number of ether oxygens (including phenoxy) is 9. The monoisotopic (exact) mass is 991 g/mol. The maximum atomic E-state index is 13.6. The van der Waals surface area contributed by atoms with Gasteiger partial charge in [0.25, 0.3) is 0 Å². The van der Waals surface area contributed by atoms with E-state index in [4.69, 9.17) is 42.6 Å². The van der Waals surface area contributed by atoms with Crippen LogP contribution in [0.1, 0.15) is 111 Å². The van der Waals surface area contributed by atoms with Crippen molar-refractivity contribution in [2.75, 3.05) is 14.2 Å². The Bertz CT molecular complexity index is 2010. The lowest BCUT2D eigenvalue weighted by molar-refractivity contribution is -0.375. The molecular weight excluding hydrogens is 913 g/mol. The second-order valence-corrected chi connectivity index (χ2v) is 21.8. The summed E-state index contributed by atoms with van der Waals surface area (Å²) >= 11 is 0. The van der Waals surface area contributed by atoms with E-state index in [1.165, 1.54) is 33.1 Å². The average molecular weight is 991 g/mol. The summed E-state index contributed by atoms with van der Waals surface area (Å²) in [7, 11) is 3.11. The third-order valence-electron chi connectivity index (χ3n) is 18.2. The van der Waals surface area contributed by atoms with Gasteiger partial charge in [0.15, 0.2) is 18.9 Å². The fourth-order valence-electron chi connectivity index (χ4n) is 14.0. The number of methoxy groups -OCH3 is 2. The zero-order valence-corrected chi connectivity index (χ0v) is 41.7. The van der Waals surface area contributed by atoms with Crippen molar-refractivity contribution in [3.05, 3.63) is 54.1 Å². The van der Waals surface area contributed by atoms with Gasteiger partial charge >= 0.3 is 5.97 Å². The molecule has 8 rings (SSSR count). The Morgan fingerprint density at radius 1 is 0.743 bits per heavy atom. The zero-order chi connectivity index (χ0) is 50.8. The van der Waals surface area contributed by atoms with Crippen LogP contribution in [0, 0.1) is 16.7 Å². The number of rotatable bonds is 13. The molecule has 0 unspecified atom stereocenters. The fraction of sp³-hybridized carbons (Fsp3) is 0.788. The number of aliphatic hydroxyl groups is 8. The molecule has 3 heterocycles. The van der Waals surface area contributed by atoms with Crippen LogP contribution in [-0.4, -0.2) is 182 Å². The van der Waals surface area contributed by atoms with Crippen molar-refractivity contribution in [3.8, 4) is 0 Å². The number of aliphatic hydroxyl groups excluding tert-OH is 4. The molecule has 4 aliphatic carbocycles. The van der Waals surface area contributed by atoms with Gasteiger partial charge in [0.2, 0.25) is 0 Å². The van der Waals surface area contributed by atoms with Gasteiger partial charge in [0.05, 0.1) is 66.0 Å². The molecule has 8 N–H and O–H groups in total. The van der Waals surface area contributed by atoms with Crippen LogP contribution in [0.15, 0.2) is 48.6 Å². The maximum absolute atomic E-state index is 13.6. The Hall–Kier alpha value is -2.47. The standard InChI is InChI=1S/C52H78O18/c1-28-44(57)35(62-7)23-42(64-28)70-46-30(3)66-43(24-36(46)63-8)69-45-29(2)65-41(22-34(45)54)67-33-18-19-47(5)37-25-39(68-40(56)17-13-12-16-32-14-10-9-11-15-32)48(6)49(58,31(4)53)20-21-52(48,61)50(37,59)27-38(55)51(47,60)26-33/h9-17,28-31,33-39,41-46,53-55,57-61H,18-27H2,1-8H3/b16-12+,17-13+/t28-,29-,30-,31+,33+,34+,35-,36+,37-,38-,39-,41+,42+,43+,44-,45-,46-,47-,48-,49-,50+,51+,52-/m1/s1. The van der Waals surface area contributed by atoms with Gasteiger partial charge in [-0.1, -0.05) is 62.4 Å². The summed E-state index contributed by atoms with van der Waals surface area (Å²) in [5.41, 5.74) is -10.3. The van der Waals surface area contributed by atoms with Crippen molar-refractivity contribution >= 4 is 12.0 Å². The Labute approximate surface area is 410 Å². The highest BCUT2D eigenvalue weighted by atomic mass is 16.7. The largest absolute Gasteiger partial charge is 0.458 e. The molecule has 18 nitrogen and oxygen atoms in total. The molecule has 18 heteroatoms. The molecule has 0 amide bonds. The van der Waals surface area contributed by atoms with E-state index in [0.717, 1.165) is 5.56 Å². The van der Waals surface area contributed by atoms with Gasteiger partial charge in [-0.05, 0) is 65.4 Å². The highest BCUT2D eigenvalue weighted by Crippen LogP contribution is 2.73. The third-order valence-corrected chi connectivity index (χ3v) is 18.2. The van der Waals surface area contributed by atoms with Crippen LogP contribution in [0.25, 0.3) is 6.08 Å². The van der Waals surface area contributed by atoms with Crippen LogP contribution in [0.3, 0.4) is 0 Å². The van der Waals surface area contributed by atoms with Gasteiger partial charge in [-0.2, -0.15) is 0 Å². The zero-order valence-electron chi connectivity index (χ0n) is 41.7. The lowest BCUT2D eigenvalue weighted by atomic mass is 9.38. The van der Waals surface area contributed by atoms with Crippen LogP contribution < -0.4 is 0 Å². The minimum Gasteiger partial charge on any atom is -0.458 e. The SMILES string of the molecule is CO[C@H]1C[C@H](O[C@H]2[C@@H](O)C[C@H](O[C@H]3CC[C@]4(C)[C@H]5C[C@@H](OC(=O)/C=C/C=C/c6ccccc6)[C@@]6(C)[C@](O)(CC[C@@]6(O)[C@H](C)O)[C@]5(O)C[C@@H](O)[C@@]4(O)C3)O[C@@H]2C)O[C@H](C)[C@H]1O[C@H]1C[C@@H](OC)[C@H](O)[C@@H](C)O1. The van der Waals surface area contributed by atoms with Crippen LogP contribution in [0.4, 0.5) is 0 Å². The van der Waals surface area contributed by atoms with E-state index in [2.05, 4.69) is 0 Å². The Balaban J connectivity index is 0.927. The van der Waals surface area contributed by atoms with Crippen molar-refractivity contribution in [3.63, 3.8) is 0 Å². The first-order valence-corrected chi connectivity index (χ1v) is 25.2. The molecule has 3 aliphatic heterocycles. The number of carbonyl (C=O) groups is 1. The molecule has 1 aromatic rings. The lowest BCUT2D eigenvalue weighted by Gasteiger charge is -2.71. The smallest absolute Gasteiger partial charge is 0.331 e. The van der Waals surface area contributed by atoms with Crippen molar-refractivity contribution in [1.29, 1.82) is 0 Å². The highest BCUT2D eigenvalue weighted by Gasteiger charge is 2.84. The summed E-state index contributed by atoms with van der Waals surface area (Å²) in [4.78, 5) is 13.6. The number of fused-ring (bicyclic) bond motifs is 5. The molecule has 7 fully saturated rings. The highest BCUT2D eigenvalue weighted by molar-refractivity contribution is 5.82. The van der Waals surface area contributed by atoms with Crippen LogP contribution in [0.2, 0.25) is 0 Å². The summed E-state index contributed by atoms with van der Waals surface area (Å²) < 4.78 is 55.1. The van der Waals surface area contributed by atoms with E-state index in [9.17, 15) is 45.6 Å². The normalized spacial score (nSPS) is 50.1. The molecule has 0 bridgehead atoms. The second kappa shape index (κ2) is 20.3. The molecule has 0 aromatic heterocycles. The van der Waals surface area contributed by atoms with E-state index in [0.29, 0.717) is 12.8 Å². The molecule has 4 saturated carbocycles. The van der Waals surface area contributed by atoms with Crippen LogP contribution >= 0.6 is 0 Å². The molecule has 3 saturated heterocycles. The summed E-state index contributed by atoms with van der Waals surface area (Å²) in [5, 5.41) is 96.1. The predicted octanol–water partition coefficient (Wildman–Crippen LogP) is 2.56. The Morgan fingerprint density at radius 3 is 2.00 bits per heavy atom. The topological polar surface area (TPSA) is 262 Å². The van der Waals surface area contributed by atoms with E-state index in [-0.39, 0.29) is 44.9 Å². The number of carbonyl (C=O) groups excluding carboxylic acids is 1. The van der Waals surface area contributed by atoms with Crippen molar-refractivity contribution in [1.82, 2.24) is 0 Å². The second-order valence-electron chi connectivity index (χ2n) is 21.8. The van der Waals surface area contributed by atoms with E-state index >= 15 is 0 Å². The summed E-state index contributed by atoms with van der Waals surface area (Å²) in [6.45, 7) is 10.1. The van der Waals surface area contributed by atoms with Crippen LogP contribution in [-0.2, 0) is 47.4 Å². The van der Waals surface area contributed by atoms with E-state index in [1.54, 1.807) is 34.0 Å². The van der Waals surface area contributed by atoms with Crippen molar-refractivity contribution < 1.29 is 88.3 Å². The molecule has 394 valence electrons. The number of benzene rings is 1. The first kappa shape index (κ1) is 53.8. The minimum absolute atomic E-state index is 0.0267. The first-order valence-electron chi connectivity index (χ1n) is 25.2. The lowest BCUT2D eigenvalue weighted by Crippen LogP contribution is -2.83. The number of allylic oxidation sites excluding steroid dienone is 2. The average Bonchev–Trinajstić information content (AvgIpc) is 3.54. The summed E-state index contributed by atoms with van der Waals surface area (Å²) in [6.07, 6.45) is -6.46. The molecule has 7 aliphatic rings.